The minimum Gasteiger partial charge on any atom is -0.376 e. The predicted molar refractivity (Wildman–Crippen MR) is 120 cm³/mol. The molecular weight excluding hydrogens is 390 g/mol. The van der Waals surface area contributed by atoms with Crippen molar-refractivity contribution < 1.29 is 9.53 Å². The smallest absolute Gasteiger partial charge is 0.268 e. The highest BCUT2D eigenvalue weighted by atomic mass is 16.5. The van der Waals surface area contributed by atoms with Crippen LogP contribution in [0.1, 0.15) is 52.7 Å². The molecule has 2 aliphatic heterocycles. The van der Waals surface area contributed by atoms with E-state index < -0.39 is 0 Å². The number of hydrogen-bond acceptors (Lipinski definition) is 4. The van der Waals surface area contributed by atoms with E-state index in [4.69, 9.17) is 4.74 Å². The summed E-state index contributed by atoms with van der Waals surface area (Å²) < 4.78 is 7.65. The molecule has 2 fully saturated rings. The van der Waals surface area contributed by atoms with Gasteiger partial charge in [0.05, 0.1) is 18.4 Å². The van der Waals surface area contributed by atoms with Crippen molar-refractivity contribution in [2.45, 2.75) is 51.6 Å². The predicted octanol–water partition coefficient (Wildman–Crippen LogP) is 2.52. The Hall–Kier alpha value is -2.44. The van der Waals surface area contributed by atoms with Gasteiger partial charge in [0.1, 0.15) is 5.56 Å². The number of piperidine rings is 1. The molecule has 5 rings (SSSR count). The van der Waals surface area contributed by atoms with Crippen LogP contribution < -0.4 is 16.2 Å². The Morgan fingerprint density at radius 1 is 1.26 bits per heavy atom. The first-order valence-corrected chi connectivity index (χ1v) is 11.5. The van der Waals surface area contributed by atoms with Crippen LogP contribution >= 0.6 is 0 Å². The summed E-state index contributed by atoms with van der Waals surface area (Å²) in [5.41, 5.74) is 4.37. The fraction of sp³-hybridized carbons (Fsp3) is 0.520. The van der Waals surface area contributed by atoms with Gasteiger partial charge in [-0.3, -0.25) is 14.2 Å². The molecule has 1 atom stereocenters. The molecule has 2 aromatic rings. The van der Waals surface area contributed by atoms with Gasteiger partial charge in [-0.25, -0.2) is 0 Å². The number of ether oxygens (including phenoxy) is 1. The molecular formula is C25H31N3O3. The fourth-order valence-electron chi connectivity index (χ4n) is 5.54. The maximum absolute atomic E-state index is 13.3. The Morgan fingerprint density at radius 3 is 2.94 bits per heavy atom. The van der Waals surface area contributed by atoms with Crippen molar-refractivity contribution in [2.24, 2.45) is 5.41 Å². The number of hydrogen-bond donors (Lipinski definition) is 2. The summed E-state index contributed by atoms with van der Waals surface area (Å²) in [5.74, 6) is -0.306. The Kier molecular flexibility index (Phi) is 5.44. The number of rotatable bonds is 4. The molecule has 0 radical (unpaired) electrons. The van der Waals surface area contributed by atoms with Gasteiger partial charge in [0.15, 0.2) is 0 Å². The molecule has 1 aliphatic carbocycles. The van der Waals surface area contributed by atoms with Gasteiger partial charge in [-0.1, -0.05) is 12.1 Å². The van der Waals surface area contributed by atoms with Gasteiger partial charge in [0.25, 0.3) is 11.5 Å². The van der Waals surface area contributed by atoms with Crippen LogP contribution in [0.2, 0.25) is 0 Å². The molecule has 2 saturated heterocycles. The zero-order valence-corrected chi connectivity index (χ0v) is 18.2. The Balaban J connectivity index is 1.34. The number of nitrogens with zero attached hydrogens (tertiary/aromatic N) is 1. The third-order valence-corrected chi connectivity index (χ3v) is 7.35. The minimum atomic E-state index is -0.306. The van der Waals surface area contributed by atoms with E-state index in [9.17, 15) is 9.59 Å². The Morgan fingerprint density at radius 2 is 2.10 bits per heavy atom. The van der Waals surface area contributed by atoms with E-state index in [1.54, 1.807) is 10.8 Å². The molecule has 0 bridgehead atoms. The highest BCUT2D eigenvalue weighted by Gasteiger charge is 2.40. The maximum Gasteiger partial charge on any atom is 0.268 e. The van der Waals surface area contributed by atoms with E-state index in [-0.39, 0.29) is 28.5 Å². The first-order valence-electron chi connectivity index (χ1n) is 11.5. The first-order chi connectivity index (χ1) is 15.1. The lowest BCUT2D eigenvalue weighted by Crippen LogP contribution is -2.39. The topological polar surface area (TPSA) is 72.4 Å². The lowest BCUT2D eigenvalue weighted by atomic mass is 9.77. The molecule has 3 heterocycles. The van der Waals surface area contributed by atoms with Crippen LogP contribution in [0.5, 0.6) is 0 Å². The fourth-order valence-corrected chi connectivity index (χ4v) is 5.54. The molecule has 1 aromatic heterocycles. The summed E-state index contributed by atoms with van der Waals surface area (Å²) in [6.45, 7) is 5.11. The van der Waals surface area contributed by atoms with E-state index in [2.05, 4.69) is 16.7 Å². The van der Waals surface area contributed by atoms with Gasteiger partial charge in [0.2, 0.25) is 0 Å². The lowest BCUT2D eigenvalue weighted by Gasteiger charge is -2.32. The average Bonchev–Trinajstić information content (AvgIpc) is 3.40. The molecule has 6 heteroatoms. The van der Waals surface area contributed by atoms with Gasteiger partial charge < -0.3 is 15.4 Å². The number of fused-ring (bicyclic) bond motifs is 1. The largest absolute Gasteiger partial charge is 0.376 e. The van der Waals surface area contributed by atoms with Gasteiger partial charge in [-0.2, -0.15) is 0 Å². The normalized spacial score (nSPS) is 21.9. The molecule has 164 valence electrons. The Labute approximate surface area is 183 Å². The molecule has 6 nitrogen and oxygen atoms in total. The summed E-state index contributed by atoms with van der Waals surface area (Å²) in [5, 5.41) is 6.39. The molecule has 0 saturated carbocycles. The second-order valence-corrected chi connectivity index (χ2v) is 9.41. The third-order valence-electron chi connectivity index (χ3n) is 7.35. The van der Waals surface area contributed by atoms with E-state index in [1.807, 2.05) is 25.1 Å². The summed E-state index contributed by atoms with van der Waals surface area (Å²) in [6.07, 6.45) is 8.18. The monoisotopic (exact) mass is 421 g/mol. The number of pyridine rings is 1. The van der Waals surface area contributed by atoms with Crippen molar-refractivity contribution in [1.29, 1.82) is 0 Å². The maximum atomic E-state index is 13.3. The molecule has 1 amide bonds. The van der Waals surface area contributed by atoms with Crippen molar-refractivity contribution in [1.82, 2.24) is 15.2 Å². The van der Waals surface area contributed by atoms with Gasteiger partial charge in [0, 0.05) is 12.7 Å². The average molecular weight is 422 g/mol. The summed E-state index contributed by atoms with van der Waals surface area (Å²) in [7, 11) is 0. The second kappa shape index (κ2) is 8.24. The number of benzene rings is 1. The molecule has 1 unspecified atom stereocenters. The van der Waals surface area contributed by atoms with Crippen LogP contribution in [0.3, 0.4) is 0 Å². The van der Waals surface area contributed by atoms with E-state index >= 15 is 0 Å². The van der Waals surface area contributed by atoms with Gasteiger partial charge >= 0.3 is 0 Å². The molecule has 1 aromatic carbocycles. The molecule has 1 spiro atoms. The first kappa shape index (κ1) is 20.5. The van der Waals surface area contributed by atoms with Crippen molar-refractivity contribution in [3.05, 3.63) is 63.1 Å². The van der Waals surface area contributed by atoms with Crippen molar-refractivity contribution in [2.75, 3.05) is 26.2 Å². The summed E-state index contributed by atoms with van der Waals surface area (Å²) >= 11 is 0. The molecule has 2 N–H and O–H groups in total. The number of carbonyl (C=O) groups excluding carboxylic acids is 1. The summed E-state index contributed by atoms with van der Waals surface area (Å²) in [6, 6.07) is 7.98. The standard InChI is InChI=1S/C25H31N3O3/c1-17-8-13-28(21-7-3-5-18-4-2-6-20(18)21)24(30)22(17)23(29)27-15-19-14-25(16-31-19)9-11-26-12-10-25/h3,5,7-8,13,19,26H,2,4,6,9-12,14-16H2,1H3,(H,27,29). The van der Waals surface area contributed by atoms with Crippen molar-refractivity contribution in [3.63, 3.8) is 0 Å². The minimum absolute atomic E-state index is 0.0192. The number of nitrogens with one attached hydrogen (secondary N) is 2. The number of aromatic nitrogens is 1. The van der Waals surface area contributed by atoms with Crippen LogP contribution in [0, 0.1) is 12.3 Å². The quantitative estimate of drug-likeness (QED) is 0.796. The SMILES string of the molecule is Cc1ccn(-c2cccc3c2CCC3)c(=O)c1C(=O)NCC1CC2(CCNCC2)CO1. The Bertz CT molecular complexity index is 1050. The third kappa shape index (κ3) is 3.83. The van der Waals surface area contributed by atoms with Gasteiger partial charge in [-0.15, -0.1) is 0 Å². The van der Waals surface area contributed by atoms with Gasteiger partial charge in [-0.05, 0) is 92.8 Å². The number of carbonyl (C=O) groups is 1. The van der Waals surface area contributed by atoms with E-state index in [0.29, 0.717) is 12.1 Å². The van der Waals surface area contributed by atoms with Crippen LogP contribution in [-0.2, 0) is 17.6 Å². The summed E-state index contributed by atoms with van der Waals surface area (Å²) in [4.78, 5) is 26.4. The highest BCUT2D eigenvalue weighted by Crippen LogP contribution is 2.40. The molecule has 31 heavy (non-hydrogen) atoms. The zero-order chi connectivity index (χ0) is 21.4. The number of amides is 1. The van der Waals surface area contributed by atoms with Crippen LogP contribution in [0.4, 0.5) is 0 Å². The van der Waals surface area contributed by atoms with Crippen molar-refractivity contribution in [3.8, 4) is 5.69 Å². The highest BCUT2D eigenvalue weighted by molar-refractivity contribution is 5.95. The molecule has 3 aliphatic rings. The second-order valence-electron chi connectivity index (χ2n) is 9.41. The lowest BCUT2D eigenvalue weighted by molar-refractivity contribution is 0.0780. The van der Waals surface area contributed by atoms with Crippen LogP contribution in [-0.4, -0.2) is 42.8 Å². The van der Waals surface area contributed by atoms with Crippen LogP contribution in [0.15, 0.2) is 35.3 Å². The van der Waals surface area contributed by atoms with E-state index in [0.717, 1.165) is 63.9 Å². The van der Waals surface area contributed by atoms with Crippen molar-refractivity contribution >= 4 is 5.91 Å². The number of aryl methyl sites for hydroxylation is 2. The van der Waals surface area contributed by atoms with E-state index in [1.165, 1.54) is 11.1 Å². The van der Waals surface area contributed by atoms with Crippen LogP contribution in [0.25, 0.3) is 5.69 Å². The zero-order valence-electron chi connectivity index (χ0n) is 18.2.